The predicted molar refractivity (Wildman–Crippen MR) is 147 cm³/mol. The maximum atomic E-state index is 14.0. The lowest BCUT2D eigenvalue weighted by Gasteiger charge is -2.15. The molecule has 0 atom stereocenters. The normalized spacial score (nSPS) is 11.5. The topological polar surface area (TPSA) is 61.0 Å². The fraction of sp³-hybridized carbons (Fsp3) is 0.194. The van der Waals surface area contributed by atoms with Crippen molar-refractivity contribution in [2.45, 2.75) is 20.3 Å². The SMILES string of the molecule is CON=CCc1cc(C)c(OC(=O)c2c3cc(OC)ccc3[n+](C)c3cc4ccccc4cc23)c(C)c1. The number of nitrogens with zero attached hydrogens (tertiary/aromatic N) is 2. The summed E-state index contributed by atoms with van der Waals surface area (Å²) in [5, 5.41) is 7.58. The van der Waals surface area contributed by atoms with Crippen molar-refractivity contribution < 1.29 is 23.7 Å². The van der Waals surface area contributed by atoms with Gasteiger partial charge in [-0.3, -0.25) is 0 Å². The summed E-state index contributed by atoms with van der Waals surface area (Å²) in [6.45, 7) is 3.90. The number of oxime groups is 1. The number of esters is 1. The van der Waals surface area contributed by atoms with E-state index in [4.69, 9.17) is 14.3 Å². The number of carbonyl (C=O) groups excluding carboxylic acids is 1. The summed E-state index contributed by atoms with van der Waals surface area (Å²) >= 11 is 0. The van der Waals surface area contributed by atoms with E-state index >= 15 is 0 Å². The molecule has 0 spiro atoms. The van der Waals surface area contributed by atoms with Gasteiger partial charge in [0, 0.05) is 24.8 Å². The highest BCUT2D eigenvalue weighted by molar-refractivity contribution is 6.15. The van der Waals surface area contributed by atoms with Crippen LogP contribution in [0.4, 0.5) is 0 Å². The molecule has 4 aromatic carbocycles. The monoisotopic (exact) mass is 493 g/mol. The number of pyridine rings is 1. The summed E-state index contributed by atoms with van der Waals surface area (Å²) in [5.41, 5.74) is 5.21. The Morgan fingerprint density at radius 3 is 2.24 bits per heavy atom. The lowest BCUT2D eigenvalue weighted by Crippen LogP contribution is -2.31. The number of benzene rings is 4. The molecule has 0 bridgehead atoms. The molecule has 0 fully saturated rings. The zero-order valence-corrected chi connectivity index (χ0v) is 21.7. The van der Waals surface area contributed by atoms with Crippen LogP contribution < -0.4 is 14.0 Å². The molecule has 0 unspecified atom stereocenters. The maximum Gasteiger partial charge on any atom is 0.345 e. The standard InChI is InChI=1S/C31H29N2O4/c1-19-14-21(12-13-32-36-5)15-20(2)30(19)37-31(34)29-25-16-22-8-6-7-9-23(22)17-28(25)33(3)27-11-10-24(35-4)18-26(27)29/h6-11,13-18H,12H2,1-5H3/q+1. The van der Waals surface area contributed by atoms with E-state index in [9.17, 15) is 4.79 Å². The number of carbonyl (C=O) groups is 1. The lowest BCUT2D eigenvalue weighted by atomic mass is 9.98. The second-order valence-electron chi connectivity index (χ2n) is 9.16. The fourth-order valence-corrected chi connectivity index (χ4v) is 5.02. The Morgan fingerprint density at radius 2 is 1.57 bits per heavy atom. The van der Waals surface area contributed by atoms with Crippen molar-refractivity contribution in [1.29, 1.82) is 0 Å². The summed E-state index contributed by atoms with van der Waals surface area (Å²) < 4.78 is 13.8. The zero-order chi connectivity index (χ0) is 26.1. The number of fused-ring (bicyclic) bond motifs is 3. The molecule has 1 heterocycles. The number of ether oxygens (including phenoxy) is 2. The molecule has 0 aliphatic rings. The molecule has 0 saturated heterocycles. The first-order valence-electron chi connectivity index (χ1n) is 12.1. The van der Waals surface area contributed by atoms with E-state index in [0.717, 1.165) is 49.3 Å². The van der Waals surface area contributed by atoms with Crippen molar-refractivity contribution in [3.63, 3.8) is 0 Å². The summed E-state index contributed by atoms with van der Waals surface area (Å²) in [5.74, 6) is 0.839. The molecule has 6 nitrogen and oxygen atoms in total. The molecule has 6 heteroatoms. The van der Waals surface area contributed by atoms with Gasteiger partial charge in [0.2, 0.25) is 11.0 Å². The van der Waals surface area contributed by atoms with E-state index in [1.54, 1.807) is 13.3 Å². The van der Waals surface area contributed by atoms with E-state index in [2.05, 4.69) is 34.0 Å². The highest BCUT2D eigenvalue weighted by Crippen LogP contribution is 2.33. The second-order valence-corrected chi connectivity index (χ2v) is 9.16. The number of aryl methyl sites for hydroxylation is 3. The van der Waals surface area contributed by atoms with E-state index in [1.807, 2.05) is 63.4 Å². The summed E-state index contributed by atoms with van der Waals surface area (Å²) in [6, 6.07) is 22.2. The Morgan fingerprint density at radius 1 is 0.892 bits per heavy atom. The summed E-state index contributed by atoms with van der Waals surface area (Å²) in [7, 11) is 5.16. The van der Waals surface area contributed by atoms with Crippen LogP contribution >= 0.6 is 0 Å². The third-order valence-electron chi connectivity index (χ3n) is 6.76. The summed E-state index contributed by atoms with van der Waals surface area (Å²) in [6.07, 6.45) is 2.33. The molecule has 0 aliphatic heterocycles. The maximum absolute atomic E-state index is 14.0. The van der Waals surface area contributed by atoms with Crippen molar-refractivity contribution in [2.75, 3.05) is 14.2 Å². The van der Waals surface area contributed by atoms with Gasteiger partial charge in [-0.05, 0) is 59.5 Å². The van der Waals surface area contributed by atoms with Gasteiger partial charge in [0.25, 0.3) is 0 Å². The van der Waals surface area contributed by atoms with Crippen molar-refractivity contribution in [1.82, 2.24) is 0 Å². The van der Waals surface area contributed by atoms with Crippen LogP contribution in [0, 0.1) is 13.8 Å². The van der Waals surface area contributed by atoms with Gasteiger partial charge in [0.05, 0.1) is 23.4 Å². The zero-order valence-electron chi connectivity index (χ0n) is 21.7. The van der Waals surface area contributed by atoms with E-state index in [0.29, 0.717) is 23.5 Å². The van der Waals surface area contributed by atoms with E-state index in [1.165, 1.54) is 7.11 Å². The van der Waals surface area contributed by atoms with Gasteiger partial charge >= 0.3 is 5.97 Å². The summed E-state index contributed by atoms with van der Waals surface area (Å²) in [4.78, 5) is 18.7. The van der Waals surface area contributed by atoms with Crippen LogP contribution in [0.15, 0.2) is 71.9 Å². The Balaban J connectivity index is 1.70. The minimum atomic E-state index is -0.404. The van der Waals surface area contributed by atoms with Crippen molar-refractivity contribution in [3.05, 3.63) is 89.0 Å². The lowest BCUT2D eigenvalue weighted by molar-refractivity contribution is -0.617. The molecular weight excluding hydrogens is 464 g/mol. The van der Waals surface area contributed by atoms with E-state index in [-0.39, 0.29) is 0 Å². The van der Waals surface area contributed by atoms with Crippen molar-refractivity contribution >= 4 is 44.8 Å². The fourth-order valence-electron chi connectivity index (χ4n) is 5.02. The number of aromatic nitrogens is 1. The smallest absolute Gasteiger partial charge is 0.345 e. The van der Waals surface area contributed by atoms with Gasteiger partial charge in [-0.2, -0.15) is 4.57 Å². The number of methoxy groups -OCH3 is 1. The predicted octanol–water partition coefficient (Wildman–Crippen LogP) is 5.99. The van der Waals surface area contributed by atoms with Gasteiger partial charge in [0.1, 0.15) is 25.7 Å². The van der Waals surface area contributed by atoms with Gasteiger partial charge in [-0.1, -0.05) is 41.6 Å². The molecule has 0 amide bonds. The van der Waals surface area contributed by atoms with Crippen LogP contribution in [-0.2, 0) is 18.3 Å². The van der Waals surface area contributed by atoms with Crippen LogP contribution in [0.3, 0.4) is 0 Å². The molecule has 1 aromatic heterocycles. The minimum absolute atomic E-state index is 0.404. The second kappa shape index (κ2) is 9.90. The van der Waals surface area contributed by atoms with E-state index < -0.39 is 5.97 Å². The molecule has 37 heavy (non-hydrogen) atoms. The Bertz CT molecular complexity index is 1680. The molecule has 186 valence electrons. The highest BCUT2D eigenvalue weighted by Gasteiger charge is 2.26. The first kappa shape index (κ1) is 24.3. The van der Waals surface area contributed by atoms with Gasteiger partial charge in [-0.15, -0.1) is 0 Å². The van der Waals surface area contributed by atoms with Gasteiger partial charge in [-0.25, -0.2) is 4.79 Å². The van der Waals surface area contributed by atoms with Crippen LogP contribution in [0.25, 0.3) is 32.6 Å². The van der Waals surface area contributed by atoms with Crippen molar-refractivity contribution in [2.24, 2.45) is 12.2 Å². The minimum Gasteiger partial charge on any atom is -0.497 e. The molecule has 5 aromatic rings. The Hall–Kier alpha value is -4.45. The van der Waals surface area contributed by atoms with Crippen LogP contribution in [0.5, 0.6) is 11.5 Å². The van der Waals surface area contributed by atoms with Gasteiger partial charge in [0.15, 0.2) is 0 Å². The number of hydrogen-bond donors (Lipinski definition) is 0. The van der Waals surface area contributed by atoms with Crippen LogP contribution in [0.2, 0.25) is 0 Å². The first-order valence-corrected chi connectivity index (χ1v) is 12.1. The molecule has 0 aliphatic carbocycles. The average Bonchev–Trinajstić information content (AvgIpc) is 2.90. The Labute approximate surface area is 215 Å². The molecule has 0 N–H and O–H groups in total. The Kier molecular flexibility index (Phi) is 6.49. The average molecular weight is 494 g/mol. The third kappa shape index (κ3) is 4.47. The third-order valence-corrected chi connectivity index (χ3v) is 6.76. The highest BCUT2D eigenvalue weighted by atomic mass is 16.6. The molecule has 0 saturated carbocycles. The van der Waals surface area contributed by atoms with Gasteiger partial charge < -0.3 is 14.3 Å². The first-order chi connectivity index (χ1) is 17.9. The molecule has 5 rings (SSSR count). The largest absolute Gasteiger partial charge is 0.497 e. The quantitative estimate of drug-likeness (QED) is 0.0728. The molecule has 0 radical (unpaired) electrons. The van der Waals surface area contributed by atoms with Crippen LogP contribution in [0.1, 0.15) is 27.0 Å². The number of hydrogen-bond acceptors (Lipinski definition) is 5. The number of rotatable bonds is 6. The van der Waals surface area contributed by atoms with Crippen LogP contribution in [-0.4, -0.2) is 26.4 Å². The molecular formula is C31H29N2O4+. The van der Waals surface area contributed by atoms with Crippen molar-refractivity contribution in [3.8, 4) is 11.5 Å².